The number of nitrogens with zero attached hydrogens (tertiary/aromatic N) is 2. The number of ether oxygens (including phenoxy) is 1. The summed E-state index contributed by atoms with van der Waals surface area (Å²) < 4.78 is 48.7. The Morgan fingerprint density at radius 2 is 2.10 bits per heavy atom. The molecule has 0 radical (unpaired) electrons. The van der Waals surface area contributed by atoms with Crippen LogP contribution in [0.4, 0.5) is 13.2 Å². The molecule has 5 nitrogen and oxygen atoms in total. The first kappa shape index (κ1) is 15.0. The minimum absolute atomic E-state index is 0.0715. The van der Waals surface area contributed by atoms with Crippen LogP contribution in [0.2, 0.25) is 0 Å². The largest absolute Gasteiger partial charge is 0.462 e. The number of hydrogen-bond donors (Lipinski definition) is 0. The van der Waals surface area contributed by atoms with E-state index in [0.717, 1.165) is 12.1 Å². The van der Waals surface area contributed by atoms with Gasteiger partial charge in [-0.15, -0.1) is 0 Å². The zero-order chi connectivity index (χ0) is 15.6. The number of carbonyl (C=O) groups excluding carboxylic acids is 1. The normalized spacial score (nSPS) is 11.5. The number of esters is 1. The highest BCUT2D eigenvalue weighted by atomic mass is 19.4. The van der Waals surface area contributed by atoms with Crippen LogP contribution in [-0.2, 0) is 10.9 Å². The Labute approximate surface area is 117 Å². The standard InChI is InChI=1S/C13H11F3N2O3/c1-3-20-12(19)9-7(2)21-18-11(9)10-8(13(14,15)16)5-4-6-17-10/h4-6H,3H2,1-2H3. The Morgan fingerprint density at radius 3 is 2.71 bits per heavy atom. The molecule has 0 fully saturated rings. The van der Waals surface area contributed by atoms with Crippen molar-refractivity contribution in [1.82, 2.24) is 10.1 Å². The summed E-state index contributed by atoms with van der Waals surface area (Å²) in [6.07, 6.45) is -3.44. The second-order valence-electron chi connectivity index (χ2n) is 4.08. The third-order valence-corrected chi connectivity index (χ3v) is 2.68. The van der Waals surface area contributed by atoms with Crippen LogP contribution >= 0.6 is 0 Å². The predicted octanol–water partition coefficient (Wildman–Crippen LogP) is 3.24. The summed E-state index contributed by atoms with van der Waals surface area (Å²) in [5.74, 6) is -0.729. The molecule has 2 aromatic rings. The van der Waals surface area contributed by atoms with Gasteiger partial charge in [0.15, 0.2) is 0 Å². The number of alkyl halides is 3. The zero-order valence-electron chi connectivity index (χ0n) is 11.2. The molecule has 0 N–H and O–H groups in total. The molecule has 2 aromatic heterocycles. The molecule has 8 heteroatoms. The summed E-state index contributed by atoms with van der Waals surface area (Å²) in [4.78, 5) is 15.5. The van der Waals surface area contributed by atoms with Gasteiger partial charge in [-0.1, -0.05) is 5.16 Å². The van der Waals surface area contributed by atoms with Gasteiger partial charge in [-0.05, 0) is 26.0 Å². The molecule has 0 spiro atoms. The molecule has 0 amide bonds. The highest BCUT2D eigenvalue weighted by Gasteiger charge is 2.37. The van der Waals surface area contributed by atoms with Crippen LogP contribution in [0.5, 0.6) is 0 Å². The molecular formula is C13H11F3N2O3. The number of pyridine rings is 1. The minimum Gasteiger partial charge on any atom is -0.462 e. The van der Waals surface area contributed by atoms with Gasteiger partial charge in [0.2, 0.25) is 0 Å². The van der Waals surface area contributed by atoms with Crippen LogP contribution in [-0.4, -0.2) is 22.7 Å². The van der Waals surface area contributed by atoms with E-state index in [2.05, 4.69) is 10.1 Å². The van der Waals surface area contributed by atoms with Gasteiger partial charge in [-0.25, -0.2) is 4.79 Å². The Kier molecular flexibility index (Phi) is 3.97. The Hall–Kier alpha value is -2.38. The van der Waals surface area contributed by atoms with Crippen molar-refractivity contribution in [2.75, 3.05) is 6.61 Å². The number of aryl methyl sites for hydroxylation is 1. The molecule has 112 valence electrons. The molecule has 0 saturated carbocycles. The number of aromatic nitrogens is 2. The maximum absolute atomic E-state index is 13.0. The van der Waals surface area contributed by atoms with Gasteiger partial charge < -0.3 is 9.26 Å². The summed E-state index contributed by atoms with van der Waals surface area (Å²) in [7, 11) is 0. The lowest BCUT2D eigenvalue weighted by molar-refractivity contribution is -0.137. The smallest absolute Gasteiger partial charge is 0.418 e. The Morgan fingerprint density at radius 1 is 1.38 bits per heavy atom. The van der Waals surface area contributed by atoms with E-state index in [1.165, 1.54) is 13.1 Å². The quantitative estimate of drug-likeness (QED) is 0.814. The third kappa shape index (κ3) is 2.88. The molecule has 0 saturated heterocycles. The van der Waals surface area contributed by atoms with Crippen LogP contribution in [0.1, 0.15) is 28.6 Å². The van der Waals surface area contributed by atoms with Gasteiger partial charge >= 0.3 is 12.1 Å². The average Bonchev–Trinajstić information content (AvgIpc) is 2.80. The summed E-state index contributed by atoms with van der Waals surface area (Å²) in [5, 5.41) is 3.53. The van der Waals surface area contributed by atoms with Crippen molar-refractivity contribution in [2.24, 2.45) is 0 Å². The summed E-state index contributed by atoms with van der Waals surface area (Å²) in [6, 6.07) is 2.02. The van der Waals surface area contributed by atoms with E-state index in [-0.39, 0.29) is 23.6 Å². The van der Waals surface area contributed by atoms with Gasteiger partial charge in [0.25, 0.3) is 0 Å². The van der Waals surface area contributed by atoms with E-state index in [1.807, 2.05) is 0 Å². The van der Waals surface area contributed by atoms with E-state index >= 15 is 0 Å². The second kappa shape index (κ2) is 5.55. The summed E-state index contributed by atoms with van der Waals surface area (Å²) in [6.45, 7) is 3.08. The number of halogens is 3. The molecule has 21 heavy (non-hydrogen) atoms. The maximum atomic E-state index is 13.0. The Bertz CT molecular complexity index is 665. The Balaban J connectivity index is 2.62. The first-order valence-electron chi connectivity index (χ1n) is 6.02. The van der Waals surface area contributed by atoms with Crippen molar-refractivity contribution < 1.29 is 27.2 Å². The summed E-state index contributed by atoms with van der Waals surface area (Å²) >= 11 is 0. The summed E-state index contributed by atoms with van der Waals surface area (Å²) in [5.41, 5.74) is -1.89. The van der Waals surface area contributed by atoms with Crippen molar-refractivity contribution in [2.45, 2.75) is 20.0 Å². The lowest BCUT2D eigenvalue weighted by Crippen LogP contribution is -2.11. The molecule has 0 aliphatic heterocycles. The lowest BCUT2D eigenvalue weighted by Gasteiger charge is -2.10. The highest BCUT2D eigenvalue weighted by Crippen LogP contribution is 2.37. The van der Waals surface area contributed by atoms with E-state index in [9.17, 15) is 18.0 Å². The number of carbonyl (C=O) groups is 1. The van der Waals surface area contributed by atoms with Crippen LogP contribution in [0, 0.1) is 6.92 Å². The minimum atomic E-state index is -4.62. The molecule has 0 aromatic carbocycles. The number of rotatable bonds is 3. The molecule has 0 aliphatic rings. The van der Waals surface area contributed by atoms with Crippen molar-refractivity contribution in [3.05, 3.63) is 35.2 Å². The van der Waals surface area contributed by atoms with E-state index < -0.39 is 23.4 Å². The van der Waals surface area contributed by atoms with E-state index in [4.69, 9.17) is 9.26 Å². The van der Waals surface area contributed by atoms with E-state index in [1.54, 1.807) is 6.92 Å². The van der Waals surface area contributed by atoms with Gasteiger partial charge in [-0.2, -0.15) is 13.2 Å². The molecule has 0 unspecified atom stereocenters. The lowest BCUT2D eigenvalue weighted by atomic mass is 10.1. The van der Waals surface area contributed by atoms with Crippen LogP contribution in [0.15, 0.2) is 22.9 Å². The van der Waals surface area contributed by atoms with Crippen LogP contribution < -0.4 is 0 Å². The van der Waals surface area contributed by atoms with Crippen LogP contribution in [0.3, 0.4) is 0 Å². The van der Waals surface area contributed by atoms with Crippen molar-refractivity contribution in [1.29, 1.82) is 0 Å². The molecule has 0 bridgehead atoms. The van der Waals surface area contributed by atoms with Crippen molar-refractivity contribution >= 4 is 5.97 Å². The average molecular weight is 300 g/mol. The molecule has 0 atom stereocenters. The van der Waals surface area contributed by atoms with Gasteiger partial charge in [0.1, 0.15) is 22.7 Å². The second-order valence-corrected chi connectivity index (χ2v) is 4.08. The van der Waals surface area contributed by atoms with Gasteiger partial charge in [-0.3, -0.25) is 4.98 Å². The predicted molar refractivity (Wildman–Crippen MR) is 65.4 cm³/mol. The fourth-order valence-electron chi connectivity index (χ4n) is 1.80. The van der Waals surface area contributed by atoms with E-state index in [0.29, 0.717) is 0 Å². The first-order chi connectivity index (χ1) is 9.86. The van der Waals surface area contributed by atoms with Crippen molar-refractivity contribution in [3.8, 4) is 11.4 Å². The fraction of sp³-hybridized carbons (Fsp3) is 0.308. The maximum Gasteiger partial charge on any atom is 0.418 e. The first-order valence-corrected chi connectivity index (χ1v) is 6.02. The molecular weight excluding hydrogens is 289 g/mol. The highest BCUT2D eigenvalue weighted by molar-refractivity contribution is 5.96. The molecule has 0 aliphatic carbocycles. The fourth-order valence-corrected chi connectivity index (χ4v) is 1.80. The zero-order valence-corrected chi connectivity index (χ0v) is 11.2. The monoisotopic (exact) mass is 300 g/mol. The third-order valence-electron chi connectivity index (χ3n) is 2.68. The van der Waals surface area contributed by atoms with Gasteiger partial charge in [0, 0.05) is 6.20 Å². The molecule has 2 heterocycles. The van der Waals surface area contributed by atoms with Crippen molar-refractivity contribution in [3.63, 3.8) is 0 Å². The number of hydrogen-bond acceptors (Lipinski definition) is 5. The van der Waals surface area contributed by atoms with Crippen LogP contribution in [0.25, 0.3) is 11.4 Å². The topological polar surface area (TPSA) is 65.2 Å². The SMILES string of the molecule is CCOC(=O)c1c(-c2ncccc2C(F)(F)F)noc1C. The molecule has 2 rings (SSSR count). The van der Waals surface area contributed by atoms with Gasteiger partial charge in [0.05, 0.1) is 12.2 Å².